The predicted molar refractivity (Wildman–Crippen MR) is 83.4 cm³/mol. The van der Waals surface area contributed by atoms with Crippen molar-refractivity contribution in [1.82, 2.24) is 15.1 Å². The molecule has 2 fully saturated rings. The van der Waals surface area contributed by atoms with Crippen LogP contribution in [0.15, 0.2) is 0 Å². The molecule has 24 heavy (non-hydrogen) atoms. The van der Waals surface area contributed by atoms with Crippen molar-refractivity contribution in [3.05, 3.63) is 0 Å². The second-order valence-corrected chi connectivity index (χ2v) is 6.76. The van der Waals surface area contributed by atoms with Crippen LogP contribution in [0.3, 0.4) is 0 Å². The summed E-state index contributed by atoms with van der Waals surface area (Å²) < 4.78 is 39.4. The molecule has 3 amide bonds. The van der Waals surface area contributed by atoms with Crippen LogP contribution in [0, 0.1) is 5.92 Å². The van der Waals surface area contributed by atoms with Gasteiger partial charge in [0.2, 0.25) is 5.91 Å². The van der Waals surface area contributed by atoms with Crippen molar-refractivity contribution in [1.29, 1.82) is 0 Å². The van der Waals surface area contributed by atoms with Crippen LogP contribution in [0.1, 0.15) is 46.0 Å². The van der Waals surface area contributed by atoms with Crippen LogP contribution in [0.4, 0.5) is 18.0 Å². The van der Waals surface area contributed by atoms with Gasteiger partial charge in [-0.2, -0.15) is 13.2 Å². The zero-order valence-corrected chi connectivity index (χ0v) is 14.2. The van der Waals surface area contributed by atoms with Crippen molar-refractivity contribution >= 4 is 11.9 Å². The number of halogens is 3. The van der Waals surface area contributed by atoms with Gasteiger partial charge < -0.3 is 15.1 Å². The number of nitrogens with zero attached hydrogens (tertiary/aromatic N) is 2. The van der Waals surface area contributed by atoms with E-state index in [4.69, 9.17) is 0 Å². The number of amides is 3. The summed E-state index contributed by atoms with van der Waals surface area (Å²) in [7, 11) is 0. The predicted octanol–water partition coefficient (Wildman–Crippen LogP) is 2.76. The highest BCUT2D eigenvalue weighted by Crippen LogP contribution is 2.28. The fraction of sp³-hybridized carbons (Fsp3) is 0.875. The molecule has 0 unspecified atom stereocenters. The molecular formula is C16H26F3N3O2. The summed E-state index contributed by atoms with van der Waals surface area (Å²) in [6.07, 6.45) is -1.43. The van der Waals surface area contributed by atoms with E-state index in [1.54, 1.807) is 6.92 Å². The summed E-state index contributed by atoms with van der Waals surface area (Å²) in [5.41, 5.74) is 0. The normalized spacial score (nSPS) is 22.6. The van der Waals surface area contributed by atoms with Crippen molar-refractivity contribution in [2.75, 3.05) is 19.6 Å². The van der Waals surface area contributed by atoms with E-state index in [1.807, 2.05) is 4.90 Å². The average molecular weight is 349 g/mol. The van der Waals surface area contributed by atoms with E-state index in [-0.39, 0.29) is 11.9 Å². The maximum absolute atomic E-state index is 13.1. The number of likely N-dealkylation sites (tertiary alicyclic amines) is 2. The fourth-order valence-corrected chi connectivity index (χ4v) is 3.44. The van der Waals surface area contributed by atoms with Crippen LogP contribution in [-0.4, -0.2) is 59.6 Å². The molecular weight excluding hydrogens is 323 g/mol. The third-order valence-electron chi connectivity index (χ3n) is 5.15. The van der Waals surface area contributed by atoms with E-state index in [0.29, 0.717) is 38.8 Å². The smallest absolute Gasteiger partial charge is 0.340 e. The number of hydrogen-bond acceptors (Lipinski definition) is 2. The van der Waals surface area contributed by atoms with Gasteiger partial charge in [0.1, 0.15) is 6.04 Å². The standard InChI is InChI=1S/C16H26F3N3O2/c1-3-11(2)14(16(17,18)19)20-15(24)21-9-6-12(7-10-21)22-8-4-5-13(22)23/h11-12,14H,3-10H2,1-2H3,(H,20,24)/t11-,14-/m0/s1. The summed E-state index contributed by atoms with van der Waals surface area (Å²) in [5, 5.41) is 2.15. The third kappa shape index (κ3) is 4.33. The highest BCUT2D eigenvalue weighted by molar-refractivity contribution is 5.78. The zero-order valence-electron chi connectivity index (χ0n) is 14.2. The molecule has 0 spiro atoms. The van der Waals surface area contributed by atoms with E-state index in [9.17, 15) is 22.8 Å². The number of alkyl halides is 3. The fourth-order valence-electron chi connectivity index (χ4n) is 3.44. The maximum Gasteiger partial charge on any atom is 0.408 e. The second kappa shape index (κ2) is 7.61. The molecule has 2 aliphatic heterocycles. The number of carbonyl (C=O) groups excluding carboxylic acids is 2. The molecule has 5 nitrogen and oxygen atoms in total. The third-order valence-corrected chi connectivity index (χ3v) is 5.15. The largest absolute Gasteiger partial charge is 0.408 e. The number of carbonyl (C=O) groups is 2. The first kappa shape index (κ1) is 18.9. The topological polar surface area (TPSA) is 52.7 Å². The molecule has 0 aromatic carbocycles. The Morgan fingerprint density at radius 2 is 1.92 bits per heavy atom. The Hall–Kier alpha value is -1.47. The van der Waals surface area contributed by atoms with Crippen LogP contribution in [0.2, 0.25) is 0 Å². The molecule has 2 rings (SSSR count). The van der Waals surface area contributed by atoms with Gasteiger partial charge >= 0.3 is 12.2 Å². The first-order valence-electron chi connectivity index (χ1n) is 8.65. The average Bonchev–Trinajstić information content (AvgIpc) is 2.96. The number of nitrogens with one attached hydrogen (secondary N) is 1. The number of hydrogen-bond donors (Lipinski definition) is 1. The van der Waals surface area contributed by atoms with Crippen LogP contribution < -0.4 is 5.32 Å². The Labute approximate surface area is 140 Å². The summed E-state index contributed by atoms with van der Waals surface area (Å²) in [4.78, 5) is 27.2. The summed E-state index contributed by atoms with van der Waals surface area (Å²) in [6.45, 7) is 4.67. The zero-order chi connectivity index (χ0) is 17.9. The van der Waals surface area contributed by atoms with Gasteiger partial charge in [-0.05, 0) is 25.2 Å². The minimum absolute atomic E-state index is 0.108. The Morgan fingerprint density at radius 3 is 2.38 bits per heavy atom. The quantitative estimate of drug-likeness (QED) is 0.848. The Kier molecular flexibility index (Phi) is 5.98. The number of urea groups is 1. The molecule has 8 heteroatoms. The molecule has 2 saturated heterocycles. The molecule has 0 bridgehead atoms. The number of rotatable bonds is 4. The maximum atomic E-state index is 13.1. The first-order valence-corrected chi connectivity index (χ1v) is 8.65. The van der Waals surface area contributed by atoms with E-state index in [2.05, 4.69) is 5.32 Å². The first-order chi connectivity index (χ1) is 11.2. The van der Waals surface area contributed by atoms with Gasteiger partial charge in [0.15, 0.2) is 0 Å². The highest BCUT2D eigenvalue weighted by Gasteiger charge is 2.44. The Morgan fingerprint density at radius 1 is 1.29 bits per heavy atom. The van der Waals surface area contributed by atoms with Gasteiger partial charge in [-0.3, -0.25) is 4.79 Å². The molecule has 0 aliphatic carbocycles. The van der Waals surface area contributed by atoms with Gasteiger partial charge in [0.25, 0.3) is 0 Å². The van der Waals surface area contributed by atoms with Crippen molar-refractivity contribution in [2.45, 2.75) is 64.2 Å². The van der Waals surface area contributed by atoms with Gasteiger partial charge in [-0.1, -0.05) is 20.3 Å². The molecule has 0 aromatic rings. The van der Waals surface area contributed by atoms with Crippen molar-refractivity contribution < 1.29 is 22.8 Å². The van der Waals surface area contributed by atoms with Crippen LogP contribution >= 0.6 is 0 Å². The molecule has 2 atom stereocenters. The number of piperidine rings is 1. The van der Waals surface area contributed by atoms with Crippen molar-refractivity contribution in [3.8, 4) is 0 Å². The summed E-state index contributed by atoms with van der Waals surface area (Å²) in [5.74, 6) is -0.527. The van der Waals surface area contributed by atoms with E-state index < -0.39 is 24.2 Å². The Bertz CT molecular complexity index is 462. The molecule has 138 valence electrons. The lowest BCUT2D eigenvalue weighted by Gasteiger charge is -2.37. The lowest BCUT2D eigenvalue weighted by atomic mass is 9.98. The van der Waals surface area contributed by atoms with Crippen LogP contribution in [0.5, 0.6) is 0 Å². The highest BCUT2D eigenvalue weighted by atomic mass is 19.4. The minimum Gasteiger partial charge on any atom is -0.340 e. The lowest BCUT2D eigenvalue weighted by molar-refractivity contribution is -0.164. The second-order valence-electron chi connectivity index (χ2n) is 6.76. The molecule has 2 aliphatic rings. The van der Waals surface area contributed by atoms with Gasteiger partial charge in [-0.15, -0.1) is 0 Å². The van der Waals surface area contributed by atoms with E-state index in [1.165, 1.54) is 11.8 Å². The monoisotopic (exact) mass is 349 g/mol. The summed E-state index contributed by atoms with van der Waals surface area (Å²) >= 11 is 0. The summed E-state index contributed by atoms with van der Waals surface area (Å²) in [6, 6.07) is -2.38. The SMILES string of the molecule is CC[C@H](C)[C@H](NC(=O)N1CCC(N2CCCC2=O)CC1)C(F)(F)F. The minimum atomic E-state index is -4.45. The van der Waals surface area contributed by atoms with E-state index in [0.717, 1.165) is 13.0 Å². The molecule has 1 N–H and O–H groups in total. The molecule has 0 saturated carbocycles. The van der Waals surface area contributed by atoms with Crippen molar-refractivity contribution in [2.24, 2.45) is 5.92 Å². The van der Waals surface area contributed by atoms with Gasteiger partial charge in [0.05, 0.1) is 0 Å². The van der Waals surface area contributed by atoms with Crippen LogP contribution in [0.25, 0.3) is 0 Å². The molecule has 0 aromatic heterocycles. The van der Waals surface area contributed by atoms with E-state index >= 15 is 0 Å². The van der Waals surface area contributed by atoms with Gasteiger partial charge in [-0.25, -0.2) is 4.79 Å². The lowest BCUT2D eigenvalue weighted by Crippen LogP contribution is -2.56. The van der Waals surface area contributed by atoms with Gasteiger partial charge in [0, 0.05) is 32.1 Å². The van der Waals surface area contributed by atoms with Crippen molar-refractivity contribution in [3.63, 3.8) is 0 Å². The molecule has 0 radical (unpaired) electrons. The molecule has 2 heterocycles. The Balaban J connectivity index is 1.88. The van der Waals surface area contributed by atoms with Crippen LogP contribution in [-0.2, 0) is 4.79 Å².